The molecule has 2 atom stereocenters. The number of carbonyl (C=O) groups excluding carboxylic acids is 1. The molecule has 0 aliphatic heterocycles. The van der Waals surface area contributed by atoms with Crippen molar-refractivity contribution in [2.75, 3.05) is 6.61 Å². The Morgan fingerprint density at radius 1 is 1.18 bits per heavy atom. The van der Waals surface area contributed by atoms with E-state index < -0.39 is 23.3 Å². The van der Waals surface area contributed by atoms with Gasteiger partial charge in [0.15, 0.2) is 0 Å². The molecular formula is C12H23NO4. The van der Waals surface area contributed by atoms with Crippen LogP contribution in [0.3, 0.4) is 0 Å². The molecule has 17 heavy (non-hydrogen) atoms. The van der Waals surface area contributed by atoms with E-state index in [9.17, 15) is 14.7 Å². The van der Waals surface area contributed by atoms with E-state index >= 15 is 0 Å². The average Bonchev–Trinajstić information content (AvgIpc) is 2.33. The molecule has 0 aromatic heterocycles. The lowest BCUT2D eigenvalue weighted by molar-refractivity contribution is -0.146. The molecule has 1 amide bonds. The first-order valence-corrected chi connectivity index (χ1v) is 5.99. The molecule has 0 rings (SSSR count). The molecule has 0 heterocycles. The molecule has 2 unspecified atom stereocenters. The topological polar surface area (TPSA) is 86.6 Å². The van der Waals surface area contributed by atoms with E-state index in [0.29, 0.717) is 12.8 Å². The predicted molar refractivity (Wildman–Crippen MR) is 64.5 cm³/mol. The van der Waals surface area contributed by atoms with Crippen LogP contribution in [-0.2, 0) is 9.59 Å². The van der Waals surface area contributed by atoms with Crippen LogP contribution in [0.2, 0.25) is 0 Å². The largest absolute Gasteiger partial charge is 0.481 e. The Bertz CT molecular complexity index is 265. The molecule has 5 heteroatoms. The van der Waals surface area contributed by atoms with Gasteiger partial charge in [0.05, 0.1) is 18.1 Å². The van der Waals surface area contributed by atoms with Crippen molar-refractivity contribution in [1.82, 2.24) is 5.32 Å². The molecule has 0 saturated heterocycles. The highest BCUT2D eigenvalue weighted by molar-refractivity contribution is 5.84. The summed E-state index contributed by atoms with van der Waals surface area (Å²) in [6.07, 6.45) is 1.22. The zero-order valence-corrected chi connectivity index (χ0v) is 11.0. The number of nitrogens with one attached hydrogen (secondary N) is 1. The van der Waals surface area contributed by atoms with E-state index in [2.05, 4.69) is 5.32 Å². The lowest BCUT2D eigenvalue weighted by Gasteiger charge is -2.32. The summed E-state index contributed by atoms with van der Waals surface area (Å²) in [5.74, 6) is -2.66. The van der Waals surface area contributed by atoms with Gasteiger partial charge in [0.25, 0.3) is 0 Å². The highest BCUT2D eigenvalue weighted by Gasteiger charge is 2.32. The molecule has 5 nitrogen and oxygen atoms in total. The van der Waals surface area contributed by atoms with Crippen LogP contribution < -0.4 is 5.32 Å². The van der Waals surface area contributed by atoms with Gasteiger partial charge >= 0.3 is 5.97 Å². The average molecular weight is 245 g/mol. The minimum absolute atomic E-state index is 0.139. The van der Waals surface area contributed by atoms with Gasteiger partial charge in [0.2, 0.25) is 5.91 Å². The third-order valence-corrected chi connectivity index (χ3v) is 3.60. The summed E-state index contributed by atoms with van der Waals surface area (Å²) in [6, 6.07) is 0. The van der Waals surface area contributed by atoms with E-state index in [1.54, 1.807) is 6.92 Å². The molecule has 0 saturated carbocycles. The second-order valence-electron chi connectivity index (χ2n) is 4.55. The first-order chi connectivity index (χ1) is 7.83. The monoisotopic (exact) mass is 245 g/mol. The first kappa shape index (κ1) is 15.9. The number of hydrogen-bond acceptors (Lipinski definition) is 3. The van der Waals surface area contributed by atoms with Crippen LogP contribution in [0.1, 0.15) is 40.5 Å². The maximum Gasteiger partial charge on any atom is 0.307 e. The fourth-order valence-electron chi connectivity index (χ4n) is 1.51. The van der Waals surface area contributed by atoms with E-state index in [1.807, 2.05) is 13.8 Å². The van der Waals surface area contributed by atoms with Crippen LogP contribution in [0.15, 0.2) is 0 Å². The van der Waals surface area contributed by atoms with Gasteiger partial charge in [-0.1, -0.05) is 27.7 Å². The van der Waals surface area contributed by atoms with Gasteiger partial charge in [0.1, 0.15) is 0 Å². The van der Waals surface area contributed by atoms with Gasteiger partial charge in [-0.3, -0.25) is 9.59 Å². The highest BCUT2D eigenvalue weighted by Crippen LogP contribution is 2.18. The number of rotatable bonds is 7. The van der Waals surface area contributed by atoms with Gasteiger partial charge in [-0.2, -0.15) is 0 Å². The quantitative estimate of drug-likeness (QED) is 0.624. The minimum Gasteiger partial charge on any atom is -0.481 e. The molecule has 0 aromatic rings. The van der Waals surface area contributed by atoms with Crippen molar-refractivity contribution in [1.29, 1.82) is 0 Å². The second kappa shape index (κ2) is 6.59. The summed E-state index contributed by atoms with van der Waals surface area (Å²) in [4.78, 5) is 22.7. The summed E-state index contributed by atoms with van der Waals surface area (Å²) in [7, 11) is 0. The summed E-state index contributed by atoms with van der Waals surface area (Å²) in [5, 5.41) is 20.9. The zero-order chi connectivity index (χ0) is 13.6. The van der Waals surface area contributed by atoms with Crippen molar-refractivity contribution in [2.24, 2.45) is 11.8 Å². The molecule has 0 fully saturated rings. The van der Waals surface area contributed by atoms with E-state index in [-0.39, 0.29) is 12.5 Å². The summed E-state index contributed by atoms with van der Waals surface area (Å²) < 4.78 is 0. The number of aliphatic hydroxyl groups excluding tert-OH is 1. The Morgan fingerprint density at radius 3 is 1.94 bits per heavy atom. The van der Waals surface area contributed by atoms with Crippen LogP contribution in [0.4, 0.5) is 0 Å². The standard InChI is InChI=1S/C12H23NO4/c1-5-12(6-2,7-14)13-10(15)8(3)9(4)11(16)17/h8-9,14H,5-7H2,1-4H3,(H,13,15)(H,16,17). The Hall–Kier alpha value is -1.10. The fourth-order valence-corrected chi connectivity index (χ4v) is 1.51. The maximum atomic E-state index is 11.9. The maximum absolute atomic E-state index is 11.9. The molecule has 0 radical (unpaired) electrons. The van der Waals surface area contributed by atoms with Crippen molar-refractivity contribution in [3.63, 3.8) is 0 Å². The van der Waals surface area contributed by atoms with E-state index in [1.165, 1.54) is 6.92 Å². The van der Waals surface area contributed by atoms with Crippen molar-refractivity contribution >= 4 is 11.9 Å². The van der Waals surface area contributed by atoms with Crippen molar-refractivity contribution in [3.05, 3.63) is 0 Å². The van der Waals surface area contributed by atoms with Gasteiger partial charge in [-0.15, -0.1) is 0 Å². The SMILES string of the molecule is CCC(CC)(CO)NC(=O)C(C)C(C)C(=O)O. The molecule has 0 bridgehead atoms. The van der Waals surface area contributed by atoms with Crippen LogP contribution in [0, 0.1) is 11.8 Å². The van der Waals surface area contributed by atoms with Crippen LogP contribution in [0.25, 0.3) is 0 Å². The Kier molecular flexibility index (Phi) is 6.16. The normalized spacial score (nSPS) is 15.1. The van der Waals surface area contributed by atoms with Crippen molar-refractivity contribution < 1.29 is 19.8 Å². The Labute approximate surface area is 102 Å². The predicted octanol–water partition coefficient (Wildman–Crippen LogP) is 1.01. The third-order valence-electron chi connectivity index (χ3n) is 3.60. The molecule has 0 spiro atoms. The summed E-state index contributed by atoms with van der Waals surface area (Å²) >= 11 is 0. The number of aliphatic hydroxyl groups is 1. The van der Waals surface area contributed by atoms with Gasteiger partial charge in [-0.25, -0.2) is 0 Å². The van der Waals surface area contributed by atoms with Gasteiger partial charge in [-0.05, 0) is 12.8 Å². The van der Waals surface area contributed by atoms with Gasteiger partial charge < -0.3 is 15.5 Å². The molecule has 100 valence electrons. The van der Waals surface area contributed by atoms with Crippen LogP contribution in [0.5, 0.6) is 0 Å². The Morgan fingerprint density at radius 2 is 1.65 bits per heavy atom. The molecule has 0 aromatic carbocycles. The smallest absolute Gasteiger partial charge is 0.307 e. The number of carboxylic acid groups (broad SMARTS) is 1. The van der Waals surface area contributed by atoms with E-state index in [4.69, 9.17) is 5.11 Å². The Balaban J connectivity index is 4.67. The summed E-state index contributed by atoms with van der Waals surface area (Å²) in [6.45, 7) is 6.71. The third kappa shape index (κ3) is 4.00. The molecule has 0 aliphatic rings. The van der Waals surface area contributed by atoms with Crippen LogP contribution in [-0.4, -0.2) is 34.2 Å². The zero-order valence-electron chi connectivity index (χ0n) is 11.0. The second-order valence-corrected chi connectivity index (χ2v) is 4.55. The molecule has 3 N–H and O–H groups in total. The fraction of sp³-hybridized carbons (Fsp3) is 0.833. The number of amides is 1. The molecule has 0 aliphatic carbocycles. The van der Waals surface area contributed by atoms with Gasteiger partial charge in [0, 0.05) is 5.92 Å². The highest BCUT2D eigenvalue weighted by atomic mass is 16.4. The van der Waals surface area contributed by atoms with E-state index in [0.717, 1.165) is 0 Å². The van der Waals surface area contributed by atoms with Crippen LogP contribution >= 0.6 is 0 Å². The number of carboxylic acids is 1. The number of carbonyl (C=O) groups is 2. The minimum atomic E-state index is -0.991. The number of hydrogen-bond donors (Lipinski definition) is 3. The lowest BCUT2D eigenvalue weighted by Crippen LogP contribution is -2.53. The van der Waals surface area contributed by atoms with Crippen molar-refractivity contribution in [3.8, 4) is 0 Å². The lowest BCUT2D eigenvalue weighted by atomic mass is 9.90. The first-order valence-electron chi connectivity index (χ1n) is 5.99. The number of aliphatic carboxylic acids is 1. The molecular weight excluding hydrogens is 222 g/mol. The van der Waals surface area contributed by atoms with Crippen molar-refractivity contribution in [2.45, 2.75) is 46.1 Å². The summed E-state index contributed by atoms with van der Waals surface area (Å²) in [5.41, 5.74) is -0.635.